The van der Waals surface area contributed by atoms with Crippen molar-refractivity contribution in [1.82, 2.24) is 19.2 Å². The van der Waals surface area contributed by atoms with Crippen molar-refractivity contribution >= 4 is 44.1 Å². The van der Waals surface area contributed by atoms with Gasteiger partial charge in [-0.05, 0) is 36.2 Å². The molecule has 0 bridgehead atoms. The molecule has 0 saturated carbocycles. The van der Waals surface area contributed by atoms with Crippen LogP contribution in [0.2, 0.25) is 0 Å². The maximum Gasteiger partial charge on any atom is 0.321 e. The van der Waals surface area contributed by atoms with Gasteiger partial charge >= 0.3 is 6.03 Å². The highest BCUT2D eigenvalue weighted by Gasteiger charge is 2.18. The molecule has 192 valence electrons. The largest absolute Gasteiger partial charge is 0.378 e. The third kappa shape index (κ3) is 5.18. The molecule has 0 atom stereocenters. The molecule has 10 heteroatoms. The van der Waals surface area contributed by atoms with E-state index >= 15 is 0 Å². The number of fused-ring (bicyclic) bond motifs is 3. The second-order valence-electron chi connectivity index (χ2n) is 9.28. The number of aryl methyl sites for hydroxylation is 1. The van der Waals surface area contributed by atoms with E-state index in [-0.39, 0.29) is 11.9 Å². The molecule has 2 aliphatic heterocycles. The number of rotatable bonds is 5. The Morgan fingerprint density at radius 3 is 2.35 bits per heavy atom. The van der Waals surface area contributed by atoms with Crippen molar-refractivity contribution in [2.75, 3.05) is 57.9 Å². The average molecular weight is 520 g/mol. The summed E-state index contributed by atoms with van der Waals surface area (Å²) in [6.07, 6.45) is 3.30. The molecule has 3 amide bonds. The molecule has 1 N–H and O–H groups in total. The van der Waals surface area contributed by atoms with E-state index in [4.69, 9.17) is 14.5 Å². The molecule has 4 heterocycles. The number of carbonyl (C=O) groups excluding carboxylic acids is 2. The Hall–Kier alpha value is -3.47. The summed E-state index contributed by atoms with van der Waals surface area (Å²) < 4.78 is 13.9. The molecule has 0 spiro atoms. The number of amides is 3. The van der Waals surface area contributed by atoms with Gasteiger partial charge in [0.1, 0.15) is 0 Å². The molecular weight excluding hydrogens is 490 g/mol. The first-order valence-electron chi connectivity index (χ1n) is 12.6. The minimum absolute atomic E-state index is 0.102. The van der Waals surface area contributed by atoms with Gasteiger partial charge in [-0.15, -0.1) is 0 Å². The highest BCUT2D eigenvalue weighted by molar-refractivity contribution is 7.23. The number of nitrogens with one attached hydrogen (secondary N) is 1. The fourth-order valence-electron chi connectivity index (χ4n) is 4.76. The smallest absolute Gasteiger partial charge is 0.321 e. The second kappa shape index (κ2) is 10.5. The lowest BCUT2D eigenvalue weighted by atomic mass is 10.1. The number of hydrogen-bond donors (Lipinski definition) is 1. The zero-order valence-corrected chi connectivity index (χ0v) is 21.3. The topological polar surface area (TPSA) is 88.4 Å². The number of ether oxygens (including phenoxy) is 2. The van der Waals surface area contributed by atoms with Crippen LogP contribution >= 0.6 is 11.3 Å². The number of hydrogen-bond acceptors (Lipinski definition) is 6. The molecule has 37 heavy (non-hydrogen) atoms. The second-order valence-corrected chi connectivity index (χ2v) is 10.3. The molecule has 9 nitrogen and oxygen atoms in total. The quantitative estimate of drug-likeness (QED) is 0.433. The van der Waals surface area contributed by atoms with E-state index < -0.39 is 0 Å². The zero-order valence-electron chi connectivity index (χ0n) is 20.5. The maximum atomic E-state index is 12.5. The monoisotopic (exact) mass is 519 g/mol. The minimum atomic E-state index is -0.102. The van der Waals surface area contributed by atoms with Gasteiger partial charge in [0.05, 0.1) is 42.3 Å². The number of carbonyl (C=O) groups is 2. The van der Waals surface area contributed by atoms with Crippen molar-refractivity contribution in [3.05, 3.63) is 54.2 Å². The first kappa shape index (κ1) is 23.9. The number of anilines is 1. The van der Waals surface area contributed by atoms with Crippen molar-refractivity contribution in [1.29, 1.82) is 0 Å². The maximum absolute atomic E-state index is 12.5. The molecule has 2 aromatic carbocycles. The van der Waals surface area contributed by atoms with E-state index in [1.165, 1.54) is 0 Å². The molecular formula is C27H29N5O4S. The van der Waals surface area contributed by atoms with Gasteiger partial charge in [0, 0.05) is 50.0 Å². The third-order valence-corrected chi connectivity index (χ3v) is 7.90. The van der Waals surface area contributed by atoms with Crippen LogP contribution < -0.4 is 5.32 Å². The van der Waals surface area contributed by atoms with Crippen LogP contribution in [0.3, 0.4) is 0 Å². The van der Waals surface area contributed by atoms with Crippen molar-refractivity contribution in [3.63, 3.8) is 0 Å². The summed E-state index contributed by atoms with van der Waals surface area (Å²) in [7, 11) is 0. The van der Waals surface area contributed by atoms with Gasteiger partial charge in [-0.2, -0.15) is 0 Å². The first-order valence-corrected chi connectivity index (χ1v) is 13.5. The lowest BCUT2D eigenvalue weighted by molar-refractivity contribution is -0.135. The molecule has 2 fully saturated rings. The summed E-state index contributed by atoms with van der Waals surface area (Å²) in [5, 5.41) is 2.96. The Labute approximate surface area is 218 Å². The summed E-state index contributed by atoms with van der Waals surface area (Å²) in [6, 6.07) is 14.1. The lowest BCUT2D eigenvalue weighted by Crippen LogP contribution is -2.43. The van der Waals surface area contributed by atoms with E-state index in [1.807, 2.05) is 29.2 Å². The van der Waals surface area contributed by atoms with Crippen LogP contribution in [0.25, 0.3) is 26.4 Å². The predicted octanol–water partition coefficient (Wildman–Crippen LogP) is 3.87. The Morgan fingerprint density at radius 2 is 1.62 bits per heavy atom. The van der Waals surface area contributed by atoms with Crippen molar-refractivity contribution in [3.8, 4) is 11.3 Å². The lowest BCUT2D eigenvalue weighted by Gasteiger charge is -2.26. The van der Waals surface area contributed by atoms with Crippen molar-refractivity contribution in [2.45, 2.75) is 12.8 Å². The molecule has 6 rings (SSSR count). The Bertz CT molecular complexity index is 1420. The van der Waals surface area contributed by atoms with Crippen LogP contribution in [0.15, 0.2) is 48.7 Å². The number of imidazole rings is 1. The van der Waals surface area contributed by atoms with E-state index in [2.05, 4.69) is 34.1 Å². The molecule has 2 saturated heterocycles. The van der Waals surface area contributed by atoms with Gasteiger partial charge in [-0.1, -0.05) is 29.5 Å². The summed E-state index contributed by atoms with van der Waals surface area (Å²) in [4.78, 5) is 34.3. The summed E-state index contributed by atoms with van der Waals surface area (Å²) in [5.74, 6) is 0.195. The SMILES string of the molecule is O=C(CCc1ccc2c(c1)sc1nc(-c3ccc(NC(=O)N4CCOCC4)cc3)cn12)N1CCOCC1. The fraction of sp³-hybridized carbons (Fsp3) is 0.370. The van der Waals surface area contributed by atoms with E-state index in [0.717, 1.165) is 44.1 Å². The normalized spacial score (nSPS) is 16.4. The molecule has 0 radical (unpaired) electrons. The number of thiazole rings is 1. The van der Waals surface area contributed by atoms with Crippen LogP contribution in [0, 0.1) is 0 Å². The van der Waals surface area contributed by atoms with Gasteiger partial charge in [0.2, 0.25) is 5.91 Å². The van der Waals surface area contributed by atoms with Crippen LogP contribution in [-0.4, -0.2) is 83.7 Å². The van der Waals surface area contributed by atoms with E-state index in [0.29, 0.717) is 59.0 Å². The van der Waals surface area contributed by atoms with Gasteiger partial charge in [0.15, 0.2) is 4.96 Å². The highest BCUT2D eigenvalue weighted by atomic mass is 32.1. The molecule has 0 unspecified atom stereocenters. The number of urea groups is 1. The summed E-state index contributed by atoms with van der Waals surface area (Å²) in [6.45, 7) is 5.01. The van der Waals surface area contributed by atoms with Crippen molar-refractivity contribution < 1.29 is 19.1 Å². The number of nitrogens with zero attached hydrogens (tertiary/aromatic N) is 4. The van der Waals surface area contributed by atoms with Gasteiger partial charge in [-0.3, -0.25) is 9.20 Å². The number of benzene rings is 2. The van der Waals surface area contributed by atoms with Crippen LogP contribution in [-0.2, 0) is 20.7 Å². The molecule has 4 aromatic rings. The Kier molecular flexibility index (Phi) is 6.77. The van der Waals surface area contributed by atoms with Gasteiger partial charge in [-0.25, -0.2) is 9.78 Å². The standard InChI is InChI=1S/C27H29N5O4S/c33-25(30-9-13-35-14-10-30)8-2-19-1-7-23-24(17-19)37-27-29-22(18-32(23)27)20-3-5-21(6-4-20)28-26(34)31-11-15-36-16-12-31/h1,3-7,17-18H,2,8-16H2,(H,28,34). The van der Waals surface area contributed by atoms with Crippen LogP contribution in [0.1, 0.15) is 12.0 Å². The Balaban J connectivity index is 1.12. The third-order valence-electron chi connectivity index (χ3n) is 6.88. The Morgan fingerprint density at radius 1 is 0.919 bits per heavy atom. The first-order chi connectivity index (χ1) is 18.1. The van der Waals surface area contributed by atoms with E-state index in [1.54, 1.807) is 16.2 Å². The summed E-state index contributed by atoms with van der Waals surface area (Å²) in [5.41, 5.74) is 4.90. The molecule has 0 aliphatic carbocycles. The zero-order chi connectivity index (χ0) is 25.2. The fourth-order valence-corrected chi connectivity index (χ4v) is 5.83. The van der Waals surface area contributed by atoms with Gasteiger partial charge in [0.25, 0.3) is 0 Å². The van der Waals surface area contributed by atoms with Gasteiger partial charge < -0.3 is 24.6 Å². The van der Waals surface area contributed by atoms with Crippen LogP contribution in [0.5, 0.6) is 0 Å². The minimum Gasteiger partial charge on any atom is -0.378 e. The number of morpholine rings is 2. The highest BCUT2D eigenvalue weighted by Crippen LogP contribution is 2.31. The van der Waals surface area contributed by atoms with Crippen LogP contribution in [0.4, 0.5) is 10.5 Å². The number of aromatic nitrogens is 2. The molecule has 2 aromatic heterocycles. The predicted molar refractivity (Wildman–Crippen MR) is 143 cm³/mol. The summed E-state index contributed by atoms with van der Waals surface area (Å²) >= 11 is 1.65. The average Bonchev–Trinajstić information content (AvgIpc) is 3.51. The van der Waals surface area contributed by atoms with Crippen molar-refractivity contribution in [2.24, 2.45) is 0 Å². The van der Waals surface area contributed by atoms with E-state index in [9.17, 15) is 9.59 Å². The molecule has 2 aliphatic rings.